The van der Waals surface area contributed by atoms with E-state index >= 15 is 0 Å². The van der Waals surface area contributed by atoms with Crippen LogP contribution in [0.2, 0.25) is 0 Å². The smallest absolute Gasteiger partial charge is 0.252 e. The molecule has 1 fully saturated rings. The number of nitrogens with zero attached hydrogens (tertiary/aromatic N) is 1. The molecule has 1 aliphatic rings. The van der Waals surface area contributed by atoms with Gasteiger partial charge >= 0.3 is 0 Å². The predicted octanol–water partition coefficient (Wildman–Crippen LogP) is 2.19. The minimum atomic E-state index is -0.119. The lowest BCUT2D eigenvalue weighted by atomic mass is 10.2. The van der Waals surface area contributed by atoms with Crippen molar-refractivity contribution in [2.75, 3.05) is 13.1 Å². The normalized spacial score (nSPS) is 16.5. The molecule has 0 saturated carbocycles. The van der Waals surface area contributed by atoms with E-state index in [2.05, 4.69) is 21.2 Å². The van der Waals surface area contributed by atoms with Crippen molar-refractivity contribution < 1.29 is 9.59 Å². The molecule has 1 heterocycles. The van der Waals surface area contributed by atoms with Crippen molar-refractivity contribution in [2.45, 2.75) is 25.8 Å². The molecule has 0 aliphatic carbocycles. The maximum Gasteiger partial charge on any atom is 0.252 e. The lowest BCUT2D eigenvalue weighted by Gasteiger charge is -2.21. The molecule has 0 aromatic heterocycles. The van der Waals surface area contributed by atoms with E-state index in [0.29, 0.717) is 18.5 Å². The van der Waals surface area contributed by atoms with Gasteiger partial charge in [-0.3, -0.25) is 9.59 Å². The van der Waals surface area contributed by atoms with E-state index in [-0.39, 0.29) is 17.9 Å². The molecule has 0 spiro atoms. The number of likely N-dealkylation sites (tertiary alicyclic amines) is 1. The Hall–Kier alpha value is -1.36. The van der Waals surface area contributed by atoms with Crippen molar-refractivity contribution in [3.8, 4) is 0 Å². The zero-order chi connectivity index (χ0) is 13.8. The molecule has 0 bridgehead atoms. The first kappa shape index (κ1) is 14.1. The zero-order valence-corrected chi connectivity index (χ0v) is 12.4. The van der Waals surface area contributed by atoms with Crippen LogP contribution in [0.1, 0.15) is 30.1 Å². The van der Waals surface area contributed by atoms with Gasteiger partial charge in [0.2, 0.25) is 5.91 Å². The highest BCUT2D eigenvalue weighted by Gasteiger charge is 2.22. The number of hydrogen-bond donors (Lipinski definition) is 1. The Labute approximate surface area is 121 Å². The molecular formula is C14H17BrN2O2. The summed E-state index contributed by atoms with van der Waals surface area (Å²) in [5, 5.41) is 2.92. The molecular weight excluding hydrogens is 308 g/mol. The summed E-state index contributed by atoms with van der Waals surface area (Å²) in [5.41, 5.74) is 0.613. The molecule has 0 radical (unpaired) electrons. The number of amides is 2. The van der Waals surface area contributed by atoms with Crippen LogP contribution in [0.25, 0.3) is 0 Å². The highest BCUT2D eigenvalue weighted by atomic mass is 79.9. The minimum absolute atomic E-state index is 0.0540. The summed E-state index contributed by atoms with van der Waals surface area (Å²) in [6.45, 7) is 3.30. The number of nitrogens with one attached hydrogen (secondary N) is 1. The van der Waals surface area contributed by atoms with Gasteiger partial charge in [-0.05, 0) is 41.4 Å². The molecule has 1 atom stereocenters. The van der Waals surface area contributed by atoms with Gasteiger partial charge in [-0.25, -0.2) is 0 Å². The summed E-state index contributed by atoms with van der Waals surface area (Å²) in [4.78, 5) is 25.4. The summed E-state index contributed by atoms with van der Waals surface area (Å²) in [6, 6.07) is 7.25. The Balaban J connectivity index is 1.92. The molecule has 5 heteroatoms. The highest BCUT2D eigenvalue weighted by Crippen LogP contribution is 2.16. The third-order valence-corrected chi connectivity index (χ3v) is 3.85. The van der Waals surface area contributed by atoms with Crippen LogP contribution in [0.15, 0.2) is 28.7 Å². The minimum Gasteiger partial charge on any atom is -0.348 e. The molecule has 1 N–H and O–H groups in total. The maximum absolute atomic E-state index is 12.1. The van der Waals surface area contributed by atoms with E-state index in [9.17, 15) is 9.59 Å². The first-order valence-corrected chi connectivity index (χ1v) is 7.20. The van der Waals surface area contributed by atoms with E-state index < -0.39 is 0 Å². The van der Waals surface area contributed by atoms with Crippen molar-refractivity contribution in [3.05, 3.63) is 34.3 Å². The fourth-order valence-corrected chi connectivity index (χ4v) is 2.69. The molecule has 2 rings (SSSR count). The second-order valence-corrected chi connectivity index (χ2v) is 5.65. The van der Waals surface area contributed by atoms with Gasteiger partial charge in [-0.15, -0.1) is 0 Å². The number of benzene rings is 1. The van der Waals surface area contributed by atoms with Crippen molar-refractivity contribution in [1.29, 1.82) is 0 Å². The molecule has 19 heavy (non-hydrogen) atoms. The van der Waals surface area contributed by atoms with Gasteiger partial charge in [0, 0.05) is 30.0 Å². The predicted molar refractivity (Wildman–Crippen MR) is 76.9 cm³/mol. The number of rotatable bonds is 4. The average molecular weight is 325 g/mol. The van der Waals surface area contributed by atoms with E-state index in [4.69, 9.17) is 0 Å². The molecule has 1 aliphatic heterocycles. The van der Waals surface area contributed by atoms with Crippen LogP contribution in [0, 0.1) is 0 Å². The van der Waals surface area contributed by atoms with Crippen LogP contribution in [-0.2, 0) is 4.79 Å². The van der Waals surface area contributed by atoms with Crippen molar-refractivity contribution in [2.24, 2.45) is 0 Å². The van der Waals surface area contributed by atoms with Crippen LogP contribution in [-0.4, -0.2) is 35.8 Å². The Kier molecular flexibility index (Phi) is 4.58. The summed E-state index contributed by atoms with van der Waals surface area (Å²) in [6.07, 6.45) is 1.55. The fourth-order valence-electron chi connectivity index (χ4n) is 2.22. The van der Waals surface area contributed by atoms with Crippen molar-refractivity contribution >= 4 is 27.7 Å². The van der Waals surface area contributed by atoms with Gasteiger partial charge in [0.25, 0.3) is 5.91 Å². The molecule has 2 amide bonds. The Morgan fingerprint density at radius 1 is 1.47 bits per heavy atom. The van der Waals surface area contributed by atoms with Crippen molar-refractivity contribution in [1.82, 2.24) is 10.2 Å². The number of hydrogen-bond acceptors (Lipinski definition) is 2. The van der Waals surface area contributed by atoms with Crippen LogP contribution < -0.4 is 5.32 Å². The molecule has 1 unspecified atom stereocenters. The zero-order valence-electron chi connectivity index (χ0n) is 10.9. The standard InChI is InChI=1S/C14H17BrN2O2/c1-10(9-17-8-4-7-13(17)18)16-14(19)11-5-2-3-6-12(11)15/h2-3,5-6,10H,4,7-9H2,1H3,(H,16,19). The maximum atomic E-state index is 12.1. The van der Waals surface area contributed by atoms with Gasteiger partial charge in [-0.2, -0.15) is 0 Å². The van der Waals surface area contributed by atoms with Crippen molar-refractivity contribution in [3.63, 3.8) is 0 Å². The fraction of sp³-hybridized carbons (Fsp3) is 0.429. The molecule has 1 saturated heterocycles. The lowest BCUT2D eigenvalue weighted by molar-refractivity contribution is -0.127. The van der Waals surface area contributed by atoms with E-state index in [1.807, 2.05) is 30.0 Å². The summed E-state index contributed by atoms with van der Waals surface area (Å²) in [7, 11) is 0. The highest BCUT2D eigenvalue weighted by molar-refractivity contribution is 9.10. The van der Waals surface area contributed by atoms with Crippen LogP contribution in [0.4, 0.5) is 0 Å². The van der Waals surface area contributed by atoms with Gasteiger partial charge in [-0.1, -0.05) is 12.1 Å². The monoisotopic (exact) mass is 324 g/mol. The number of halogens is 1. The third kappa shape index (κ3) is 3.56. The Morgan fingerprint density at radius 2 is 2.21 bits per heavy atom. The second kappa shape index (κ2) is 6.19. The molecule has 1 aromatic rings. The first-order valence-electron chi connectivity index (χ1n) is 6.41. The van der Waals surface area contributed by atoms with Crippen LogP contribution >= 0.6 is 15.9 Å². The van der Waals surface area contributed by atoms with Gasteiger partial charge in [0.1, 0.15) is 0 Å². The van der Waals surface area contributed by atoms with Crippen LogP contribution in [0.3, 0.4) is 0 Å². The first-order chi connectivity index (χ1) is 9.08. The van der Waals surface area contributed by atoms with Gasteiger partial charge < -0.3 is 10.2 Å². The molecule has 1 aromatic carbocycles. The largest absolute Gasteiger partial charge is 0.348 e. The van der Waals surface area contributed by atoms with Gasteiger partial charge in [0.15, 0.2) is 0 Å². The second-order valence-electron chi connectivity index (χ2n) is 4.80. The lowest BCUT2D eigenvalue weighted by Crippen LogP contribution is -2.42. The topological polar surface area (TPSA) is 49.4 Å². The van der Waals surface area contributed by atoms with E-state index in [0.717, 1.165) is 17.4 Å². The number of carbonyl (C=O) groups excluding carboxylic acids is 2. The summed E-state index contributed by atoms with van der Waals surface area (Å²) >= 11 is 3.36. The summed E-state index contributed by atoms with van der Waals surface area (Å²) in [5.74, 6) is 0.0635. The number of carbonyl (C=O) groups is 2. The molecule has 4 nitrogen and oxygen atoms in total. The Bertz CT molecular complexity index is 490. The van der Waals surface area contributed by atoms with E-state index in [1.54, 1.807) is 6.07 Å². The SMILES string of the molecule is CC(CN1CCCC1=O)NC(=O)c1ccccc1Br. The summed E-state index contributed by atoms with van der Waals surface area (Å²) < 4.78 is 0.775. The third-order valence-electron chi connectivity index (χ3n) is 3.16. The van der Waals surface area contributed by atoms with E-state index in [1.165, 1.54) is 0 Å². The average Bonchev–Trinajstić information content (AvgIpc) is 2.75. The Morgan fingerprint density at radius 3 is 2.84 bits per heavy atom. The quantitative estimate of drug-likeness (QED) is 0.923. The van der Waals surface area contributed by atoms with Gasteiger partial charge in [0.05, 0.1) is 5.56 Å². The van der Waals surface area contributed by atoms with Crippen LogP contribution in [0.5, 0.6) is 0 Å². The molecule has 102 valence electrons.